The van der Waals surface area contributed by atoms with Crippen LogP contribution in [0, 0.1) is 12.3 Å². The van der Waals surface area contributed by atoms with Gasteiger partial charge < -0.3 is 25.8 Å². The van der Waals surface area contributed by atoms with Gasteiger partial charge in [0, 0.05) is 60.5 Å². The monoisotopic (exact) mass is 523 g/mol. The first-order chi connectivity index (χ1) is 18.0. The molecule has 8 nitrogen and oxygen atoms in total. The van der Waals surface area contributed by atoms with Gasteiger partial charge in [0.2, 0.25) is 11.9 Å². The van der Waals surface area contributed by atoms with Gasteiger partial charge in [0.15, 0.2) is 0 Å². The number of rotatable bonds is 7. The second-order valence-corrected chi connectivity index (χ2v) is 10.0. The van der Waals surface area contributed by atoms with Gasteiger partial charge in [0.25, 0.3) is 0 Å². The number of benzene rings is 2. The van der Waals surface area contributed by atoms with Crippen LogP contribution in [0.2, 0.25) is 0 Å². The highest BCUT2D eigenvalue weighted by molar-refractivity contribution is 5.99. The fraction of sp³-hybridized carbons (Fsp3) is 0.296. The summed E-state index contributed by atoms with van der Waals surface area (Å²) in [5.41, 5.74) is 2.86. The molecule has 11 heteroatoms. The SMILES string of the molecule is C=CC(=O)Nc1cccc(Nc2nc(Nc3ccc(N4CC5(CN(C)C5)C4)cc3C)ncc2C(F)(F)F)c1. The lowest BCUT2D eigenvalue weighted by atomic mass is 9.73. The minimum atomic E-state index is -4.67. The number of halogens is 3. The van der Waals surface area contributed by atoms with Crippen molar-refractivity contribution >= 4 is 40.4 Å². The van der Waals surface area contributed by atoms with Crippen molar-refractivity contribution in [3.63, 3.8) is 0 Å². The normalized spacial score (nSPS) is 16.4. The number of carbonyl (C=O) groups excluding carboxylic acids is 1. The molecule has 0 unspecified atom stereocenters. The Kier molecular flexibility index (Phi) is 6.47. The van der Waals surface area contributed by atoms with Crippen molar-refractivity contribution in [1.82, 2.24) is 14.9 Å². The third-order valence-corrected chi connectivity index (χ3v) is 6.76. The van der Waals surface area contributed by atoms with E-state index < -0.39 is 23.5 Å². The number of likely N-dealkylation sites (tertiary alicyclic amines) is 1. The highest BCUT2D eigenvalue weighted by Crippen LogP contribution is 2.42. The smallest absolute Gasteiger partial charge is 0.370 e. The van der Waals surface area contributed by atoms with E-state index in [9.17, 15) is 18.0 Å². The van der Waals surface area contributed by atoms with Crippen LogP contribution in [0.25, 0.3) is 0 Å². The summed E-state index contributed by atoms with van der Waals surface area (Å²) in [5.74, 6) is -0.821. The van der Waals surface area contributed by atoms with E-state index in [-0.39, 0.29) is 5.95 Å². The van der Waals surface area contributed by atoms with Crippen LogP contribution >= 0.6 is 0 Å². The predicted octanol–water partition coefficient (Wildman–Crippen LogP) is 5.17. The molecule has 2 saturated heterocycles. The van der Waals surface area contributed by atoms with Gasteiger partial charge in [0.05, 0.1) is 0 Å². The van der Waals surface area contributed by atoms with Gasteiger partial charge in [0.1, 0.15) is 11.4 Å². The summed E-state index contributed by atoms with van der Waals surface area (Å²) >= 11 is 0. The number of hydrogen-bond acceptors (Lipinski definition) is 7. The first-order valence-corrected chi connectivity index (χ1v) is 12.1. The molecule has 3 heterocycles. The Morgan fingerprint density at radius 1 is 1.08 bits per heavy atom. The van der Waals surface area contributed by atoms with Crippen LogP contribution in [0.5, 0.6) is 0 Å². The molecular weight excluding hydrogens is 495 g/mol. The second-order valence-electron chi connectivity index (χ2n) is 10.0. The fourth-order valence-corrected chi connectivity index (χ4v) is 5.10. The molecule has 2 aliphatic heterocycles. The molecule has 2 fully saturated rings. The number of amides is 1. The maximum absolute atomic E-state index is 13.7. The number of anilines is 6. The minimum absolute atomic E-state index is 0.0212. The van der Waals surface area contributed by atoms with Crippen molar-refractivity contribution in [1.29, 1.82) is 0 Å². The summed E-state index contributed by atoms with van der Waals surface area (Å²) in [7, 11) is 2.13. The second kappa shape index (κ2) is 9.64. The lowest BCUT2D eigenvalue weighted by Crippen LogP contribution is -2.71. The maximum atomic E-state index is 13.7. The van der Waals surface area contributed by atoms with Crippen molar-refractivity contribution in [2.45, 2.75) is 13.1 Å². The summed E-state index contributed by atoms with van der Waals surface area (Å²) in [6.07, 6.45) is -2.82. The van der Waals surface area contributed by atoms with Crippen molar-refractivity contribution < 1.29 is 18.0 Å². The molecule has 0 radical (unpaired) electrons. The number of nitrogens with zero attached hydrogens (tertiary/aromatic N) is 4. The molecular formula is C27H28F3N7O. The van der Waals surface area contributed by atoms with Crippen LogP contribution in [0.4, 0.5) is 47.7 Å². The summed E-state index contributed by atoms with van der Waals surface area (Å²) in [6, 6.07) is 12.2. The van der Waals surface area contributed by atoms with E-state index in [0.29, 0.717) is 22.5 Å². The third kappa shape index (κ3) is 5.28. The van der Waals surface area contributed by atoms with Crippen LogP contribution in [0.3, 0.4) is 0 Å². The first kappa shape index (κ1) is 25.5. The van der Waals surface area contributed by atoms with Crippen LogP contribution in [0.15, 0.2) is 61.3 Å². The molecule has 2 aliphatic rings. The van der Waals surface area contributed by atoms with Crippen molar-refractivity contribution in [2.24, 2.45) is 5.41 Å². The van der Waals surface area contributed by atoms with E-state index in [2.05, 4.69) is 55.4 Å². The van der Waals surface area contributed by atoms with E-state index in [1.807, 2.05) is 19.1 Å². The standard InChI is InChI=1S/C27H28F3N7O/c1-4-23(38)32-18-6-5-7-19(11-18)33-24-21(27(28,29)30)12-31-25(35-24)34-22-9-8-20(10-17(22)2)37-15-26(16-37)13-36(3)14-26/h4-12H,1,13-16H2,2-3H3,(H,32,38)(H2,31,33,34,35). The molecule has 3 N–H and O–H groups in total. The fourth-order valence-electron chi connectivity index (χ4n) is 5.10. The van der Waals surface area contributed by atoms with Gasteiger partial charge >= 0.3 is 6.18 Å². The maximum Gasteiger partial charge on any atom is 0.421 e. The molecule has 0 bridgehead atoms. The van der Waals surface area contributed by atoms with Gasteiger partial charge in [-0.05, 0) is 62.0 Å². The molecule has 5 rings (SSSR count). The Labute approximate surface area is 218 Å². The molecule has 2 aromatic carbocycles. The summed E-state index contributed by atoms with van der Waals surface area (Å²) in [6.45, 7) is 9.62. The minimum Gasteiger partial charge on any atom is -0.370 e. The Balaban J connectivity index is 1.34. The lowest BCUT2D eigenvalue weighted by molar-refractivity contribution is -0.137. The van der Waals surface area contributed by atoms with Crippen LogP contribution in [0.1, 0.15) is 11.1 Å². The van der Waals surface area contributed by atoms with Crippen molar-refractivity contribution in [3.05, 3.63) is 72.4 Å². The van der Waals surface area contributed by atoms with E-state index in [1.165, 1.54) is 6.07 Å². The number of nitrogens with one attached hydrogen (secondary N) is 3. The van der Waals surface area contributed by atoms with Crippen molar-refractivity contribution in [3.8, 4) is 0 Å². The van der Waals surface area contributed by atoms with Crippen LogP contribution < -0.4 is 20.9 Å². The average Bonchev–Trinajstić information content (AvgIpc) is 2.81. The van der Waals surface area contributed by atoms with Gasteiger partial charge in [-0.3, -0.25) is 4.79 Å². The molecule has 0 aliphatic carbocycles. The molecule has 198 valence electrons. The van der Waals surface area contributed by atoms with E-state index in [4.69, 9.17) is 0 Å². The van der Waals surface area contributed by atoms with E-state index in [0.717, 1.165) is 49.7 Å². The molecule has 38 heavy (non-hydrogen) atoms. The predicted molar refractivity (Wildman–Crippen MR) is 142 cm³/mol. The number of aryl methyl sites for hydroxylation is 1. The quantitative estimate of drug-likeness (QED) is 0.369. The van der Waals surface area contributed by atoms with Crippen molar-refractivity contribution in [2.75, 3.05) is 54.1 Å². The molecule has 1 aromatic heterocycles. The Morgan fingerprint density at radius 2 is 1.82 bits per heavy atom. The zero-order valence-corrected chi connectivity index (χ0v) is 21.1. The topological polar surface area (TPSA) is 85.4 Å². The molecule has 0 atom stereocenters. The highest BCUT2D eigenvalue weighted by atomic mass is 19.4. The largest absolute Gasteiger partial charge is 0.421 e. The van der Waals surface area contributed by atoms with E-state index in [1.54, 1.807) is 18.2 Å². The molecule has 1 spiro atoms. The summed E-state index contributed by atoms with van der Waals surface area (Å²) in [5, 5.41) is 8.34. The third-order valence-electron chi connectivity index (χ3n) is 6.76. The van der Waals surface area contributed by atoms with Gasteiger partial charge in [-0.15, -0.1) is 0 Å². The molecule has 1 amide bonds. The molecule has 0 saturated carbocycles. The highest BCUT2D eigenvalue weighted by Gasteiger charge is 2.50. The van der Waals surface area contributed by atoms with E-state index >= 15 is 0 Å². The zero-order chi connectivity index (χ0) is 27.1. The van der Waals surface area contributed by atoms with Crippen LogP contribution in [-0.2, 0) is 11.0 Å². The Bertz CT molecular complexity index is 1380. The van der Waals surface area contributed by atoms with Crippen LogP contribution in [-0.4, -0.2) is 54.0 Å². The van der Waals surface area contributed by atoms with Gasteiger partial charge in [-0.25, -0.2) is 4.98 Å². The number of alkyl halides is 3. The lowest BCUT2D eigenvalue weighted by Gasteiger charge is -2.60. The van der Waals surface area contributed by atoms with Gasteiger partial charge in [-0.1, -0.05) is 12.6 Å². The Morgan fingerprint density at radius 3 is 2.47 bits per heavy atom. The number of hydrogen-bond donors (Lipinski definition) is 3. The molecule has 3 aromatic rings. The Hall–Kier alpha value is -4.12. The van der Waals surface area contributed by atoms with Gasteiger partial charge in [-0.2, -0.15) is 18.2 Å². The average molecular weight is 524 g/mol. The first-order valence-electron chi connectivity index (χ1n) is 12.1. The zero-order valence-electron chi connectivity index (χ0n) is 21.1. The summed E-state index contributed by atoms with van der Waals surface area (Å²) in [4.78, 5) is 24.3. The number of aromatic nitrogens is 2. The summed E-state index contributed by atoms with van der Waals surface area (Å²) < 4.78 is 41.2. The number of carbonyl (C=O) groups is 1.